The highest BCUT2D eigenvalue weighted by atomic mass is 19.2. The summed E-state index contributed by atoms with van der Waals surface area (Å²) in [6, 6.07) is 55.3. The third kappa shape index (κ3) is 10.8. The maximum atomic E-state index is 14.9. The second kappa shape index (κ2) is 23.0. The van der Waals surface area contributed by atoms with Gasteiger partial charge in [0.25, 0.3) is 0 Å². The van der Waals surface area contributed by atoms with Gasteiger partial charge in [0, 0.05) is 22.5 Å². The van der Waals surface area contributed by atoms with Gasteiger partial charge in [-0.1, -0.05) is 115 Å². The normalized spacial score (nSPS) is 13.0. The van der Waals surface area contributed by atoms with Crippen molar-refractivity contribution in [3.8, 4) is 23.0 Å². The van der Waals surface area contributed by atoms with Crippen LogP contribution in [0.2, 0.25) is 0 Å². The number of amides is 4. The van der Waals surface area contributed by atoms with E-state index in [1.807, 2.05) is 30.3 Å². The predicted molar refractivity (Wildman–Crippen MR) is 285 cm³/mol. The van der Waals surface area contributed by atoms with Crippen molar-refractivity contribution in [1.82, 2.24) is 0 Å². The number of hydrogen-bond acceptors (Lipinski definition) is 10. The van der Waals surface area contributed by atoms with E-state index >= 15 is 0 Å². The quantitative estimate of drug-likeness (QED) is 0.0461. The molecule has 79 heavy (non-hydrogen) atoms. The third-order valence-corrected chi connectivity index (χ3v) is 12.7. The molecule has 392 valence electrons. The minimum atomic E-state index is -1.61. The Morgan fingerprint density at radius 1 is 0.456 bits per heavy atom. The molecular weight excluding hydrogens is 1020 g/mol. The van der Waals surface area contributed by atoms with E-state index in [1.54, 1.807) is 109 Å². The molecule has 2 aliphatic rings. The number of aliphatic imine (C=N–C) groups is 1. The van der Waals surface area contributed by atoms with Gasteiger partial charge in [-0.25, -0.2) is 31.9 Å². The molecule has 0 saturated heterocycles. The average Bonchev–Trinajstić information content (AvgIpc) is 4.12. The summed E-state index contributed by atoms with van der Waals surface area (Å²) in [5.41, 5.74) is 0.390. The van der Waals surface area contributed by atoms with Crippen LogP contribution in [0.3, 0.4) is 0 Å². The van der Waals surface area contributed by atoms with E-state index in [0.29, 0.717) is 39.3 Å². The van der Waals surface area contributed by atoms with Gasteiger partial charge in [-0.05, 0) is 119 Å². The van der Waals surface area contributed by atoms with E-state index in [2.05, 4.69) is 26.3 Å². The van der Waals surface area contributed by atoms with Gasteiger partial charge in [0.2, 0.25) is 17.9 Å². The Kier molecular flexibility index (Phi) is 15.4. The minimum Gasteiger partial charge on any atom is -0.508 e. The van der Waals surface area contributed by atoms with E-state index in [4.69, 9.17) is 9.47 Å². The molecule has 0 aliphatic carbocycles. The minimum absolute atomic E-state index is 0.0125. The smallest absolute Gasteiger partial charge is 0.417 e. The fraction of sp³-hybridized carbons (Fsp3) is 0.0328. The first kappa shape index (κ1) is 53.0. The zero-order valence-corrected chi connectivity index (χ0v) is 40.9. The summed E-state index contributed by atoms with van der Waals surface area (Å²) in [7, 11) is 0. The first-order chi connectivity index (χ1) is 38.2. The molecule has 18 heteroatoms. The van der Waals surface area contributed by atoms with Crippen LogP contribution < -0.4 is 30.7 Å². The van der Waals surface area contributed by atoms with Crippen molar-refractivity contribution in [2.75, 3.05) is 21.3 Å². The van der Waals surface area contributed by atoms with Crippen LogP contribution in [0.15, 0.2) is 217 Å². The number of nitrogens with zero attached hydrogens (tertiary/aromatic N) is 1. The monoisotopic (exact) mass is 1060 g/mol. The maximum Gasteiger partial charge on any atom is 0.417 e. The van der Waals surface area contributed by atoms with E-state index in [9.17, 15) is 51.7 Å². The van der Waals surface area contributed by atoms with Crippen LogP contribution >= 0.6 is 0 Å². The molecule has 9 aromatic rings. The van der Waals surface area contributed by atoms with Crippen LogP contribution in [0.1, 0.15) is 33.4 Å². The molecule has 4 amide bonds. The molecule has 0 spiro atoms. The first-order valence-corrected chi connectivity index (χ1v) is 23.8. The summed E-state index contributed by atoms with van der Waals surface area (Å²) in [6.45, 7) is 0. The topological polar surface area (TPSA) is 205 Å². The summed E-state index contributed by atoms with van der Waals surface area (Å²) in [5, 5.41) is 29.3. The molecule has 0 unspecified atom stereocenters. The summed E-state index contributed by atoms with van der Waals surface area (Å²) in [4.78, 5) is 64.7. The summed E-state index contributed by atoms with van der Waals surface area (Å²) in [5.74, 6) is -5.25. The molecule has 0 aromatic heterocycles. The molecule has 0 saturated carbocycles. The first-order valence-electron chi connectivity index (χ1n) is 23.8. The van der Waals surface area contributed by atoms with Gasteiger partial charge in [-0.2, -0.15) is 4.99 Å². The number of aromatic hydroxyl groups is 2. The van der Waals surface area contributed by atoms with E-state index in [1.165, 1.54) is 66.7 Å². The number of carbonyl (C=O) groups excluding carboxylic acids is 5. The number of rotatable bonds is 9. The number of phenols is 2. The lowest BCUT2D eigenvalue weighted by Crippen LogP contribution is -2.37. The SMILES string of the molecule is O=C(Nc1ccccc1)Oc1ccc(C2(c3ccc(OC(=O)Nc4ccccc4)cc3)C(=O)Nc3c2ccc(F)c3F)cc1.O=C1Nc2c(ccc(F)c2F)C1(c1ccc(O)cc1)c1ccc(O)cc1.O=C=Nc1ccccc1. The Balaban J connectivity index is 0.000000181. The van der Waals surface area contributed by atoms with Crippen LogP contribution in [0.4, 0.5) is 55.6 Å². The second-order valence-corrected chi connectivity index (χ2v) is 17.4. The van der Waals surface area contributed by atoms with Crippen molar-refractivity contribution in [2.24, 2.45) is 4.99 Å². The van der Waals surface area contributed by atoms with Crippen molar-refractivity contribution < 1.29 is 61.2 Å². The molecular formula is C61H41F4N5O9. The van der Waals surface area contributed by atoms with Crippen LogP contribution in [-0.4, -0.2) is 40.3 Å². The fourth-order valence-corrected chi connectivity index (χ4v) is 9.18. The molecule has 11 rings (SSSR count). The predicted octanol–water partition coefficient (Wildman–Crippen LogP) is 12.8. The van der Waals surface area contributed by atoms with E-state index < -0.39 is 58.1 Å². The summed E-state index contributed by atoms with van der Waals surface area (Å²) in [6.07, 6.45) is 0.0276. The molecule has 2 aliphatic heterocycles. The van der Waals surface area contributed by atoms with Gasteiger partial charge in [0.05, 0.1) is 17.1 Å². The van der Waals surface area contributed by atoms with Crippen LogP contribution in [-0.2, 0) is 25.2 Å². The van der Waals surface area contributed by atoms with E-state index in [0.717, 1.165) is 12.1 Å². The number of para-hydroxylation sites is 3. The number of benzene rings is 9. The number of nitrogens with one attached hydrogen (secondary N) is 4. The van der Waals surface area contributed by atoms with Crippen molar-refractivity contribution in [3.05, 3.63) is 269 Å². The fourth-order valence-electron chi connectivity index (χ4n) is 9.18. The van der Waals surface area contributed by atoms with Gasteiger partial charge in [0.15, 0.2) is 23.3 Å². The van der Waals surface area contributed by atoms with Gasteiger partial charge >= 0.3 is 12.2 Å². The lowest BCUT2D eigenvalue weighted by atomic mass is 9.70. The lowest BCUT2D eigenvalue weighted by Gasteiger charge is -2.29. The number of fused-ring (bicyclic) bond motifs is 2. The van der Waals surface area contributed by atoms with Crippen molar-refractivity contribution in [3.63, 3.8) is 0 Å². The second-order valence-electron chi connectivity index (χ2n) is 17.4. The maximum absolute atomic E-state index is 14.9. The standard InChI is InChI=1S/C34H23F2N3O5.C20H13F2NO3.C7H5NO/c35-28-20-19-27-30(29(28)36)39-31(40)34(27,21-11-15-25(16-12-21)43-32(41)37-23-7-3-1-4-8-23)22-13-17-26(18-14-22)44-33(42)38-24-9-5-2-6-10-24;21-16-10-9-15-18(17(16)22)23-19(26)20(15,11-1-5-13(24)6-2-11)12-3-7-14(25)8-4-12;9-6-8-7-4-2-1-3-5-7/h1-20H,(H,37,41)(H,38,42)(H,39,40);1-10,24-25H,(H,23,26);1-5H. The van der Waals surface area contributed by atoms with Crippen molar-refractivity contribution in [1.29, 1.82) is 0 Å². The largest absolute Gasteiger partial charge is 0.508 e. The Hall–Kier alpha value is -10.8. The number of halogens is 4. The molecule has 0 radical (unpaired) electrons. The number of phenolic OH excluding ortho intramolecular Hbond substituents is 2. The molecule has 9 aromatic carbocycles. The molecule has 14 nitrogen and oxygen atoms in total. The van der Waals surface area contributed by atoms with Gasteiger partial charge in [-0.3, -0.25) is 20.2 Å². The van der Waals surface area contributed by atoms with Crippen LogP contribution in [0.25, 0.3) is 0 Å². The number of carbonyl (C=O) groups is 4. The highest BCUT2D eigenvalue weighted by Crippen LogP contribution is 2.51. The van der Waals surface area contributed by atoms with Crippen LogP contribution in [0, 0.1) is 23.3 Å². The Labute approximate surface area is 447 Å². The molecule has 0 fully saturated rings. The Morgan fingerprint density at radius 2 is 0.785 bits per heavy atom. The van der Waals surface area contributed by atoms with Crippen LogP contribution in [0.5, 0.6) is 23.0 Å². The average molecular weight is 1060 g/mol. The summed E-state index contributed by atoms with van der Waals surface area (Å²) < 4.78 is 67.8. The molecule has 2 heterocycles. The molecule has 0 bridgehead atoms. The Bertz CT molecular complexity index is 3610. The third-order valence-electron chi connectivity index (χ3n) is 12.7. The zero-order chi connectivity index (χ0) is 55.7. The highest BCUT2D eigenvalue weighted by molar-refractivity contribution is 6.12. The molecule has 6 N–H and O–H groups in total. The number of isocyanates is 1. The van der Waals surface area contributed by atoms with Gasteiger partial charge < -0.3 is 30.3 Å². The van der Waals surface area contributed by atoms with Gasteiger partial charge in [0.1, 0.15) is 33.8 Å². The number of ether oxygens (including phenoxy) is 2. The summed E-state index contributed by atoms with van der Waals surface area (Å²) >= 11 is 0. The highest BCUT2D eigenvalue weighted by Gasteiger charge is 2.52. The zero-order valence-electron chi connectivity index (χ0n) is 40.9. The Morgan fingerprint density at radius 3 is 1.13 bits per heavy atom. The van der Waals surface area contributed by atoms with E-state index in [-0.39, 0.29) is 45.5 Å². The number of anilines is 4. The van der Waals surface area contributed by atoms with Gasteiger partial charge in [-0.15, -0.1) is 0 Å². The molecule has 0 atom stereocenters. The van der Waals surface area contributed by atoms with Crippen molar-refractivity contribution in [2.45, 2.75) is 10.8 Å². The number of hydrogen-bond donors (Lipinski definition) is 6. The lowest BCUT2D eigenvalue weighted by molar-refractivity contribution is -0.119. The van der Waals surface area contributed by atoms with Crippen molar-refractivity contribution >= 4 is 58.5 Å².